The van der Waals surface area contributed by atoms with Gasteiger partial charge in [0.25, 0.3) is 0 Å². The molecule has 0 aromatic heterocycles. The van der Waals surface area contributed by atoms with Gasteiger partial charge in [-0.05, 0) is 36.5 Å². The number of carbonyl (C=O) groups is 1. The summed E-state index contributed by atoms with van der Waals surface area (Å²) in [4.78, 5) is 13.6. The molecular formula is C15H20N2O. The monoisotopic (exact) mass is 244 g/mol. The molecule has 0 radical (unpaired) electrons. The van der Waals surface area contributed by atoms with E-state index >= 15 is 0 Å². The van der Waals surface area contributed by atoms with Crippen LogP contribution in [-0.2, 0) is 6.42 Å². The molecule has 1 aliphatic carbocycles. The van der Waals surface area contributed by atoms with E-state index in [4.69, 9.17) is 0 Å². The Bertz CT molecular complexity index is 468. The molecule has 0 unspecified atom stereocenters. The number of amides is 2. The van der Waals surface area contributed by atoms with Gasteiger partial charge in [-0.3, -0.25) is 0 Å². The molecule has 1 aromatic rings. The molecule has 0 spiro atoms. The van der Waals surface area contributed by atoms with Gasteiger partial charge in [-0.25, -0.2) is 4.79 Å². The Labute approximate surface area is 108 Å². The lowest BCUT2D eigenvalue weighted by atomic mass is 10.0. The standard InChI is InChI=1S/C15H20N2O/c1-4-10-17(3)15(18)16-14-9-8-12-11(2)6-5-7-13(12)14/h4-7,14H,1,8-10H2,2-3H3,(H,16,18)/t14-/m0/s1. The highest BCUT2D eigenvalue weighted by Crippen LogP contribution is 2.32. The summed E-state index contributed by atoms with van der Waals surface area (Å²) in [6, 6.07) is 6.43. The second kappa shape index (κ2) is 5.25. The fraction of sp³-hybridized carbons (Fsp3) is 0.400. The summed E-state index contributed by atoms with van der Waals surface area (Å²) in [6.07, 6.45) is 3.78. The van der Waals surface area contributed by atoms with Crippen LogP contribution in [0.2, 0.25) is 0 Å². The first-order chi connectivity index (χ1) is 8.63. The van der Waals surface area contributed by atoms with Crippen molar-refractivity contribution in [3.05, 3.63) is 47.5 Å². The highest BCUT2D eigenvalue weighted by atomic mass is 16.2. The normalized spacial score (nSPS) is 17.1. The number of rotatable bonds is 3. The molecule has 0 saturated carbocycles. The smallest absolute Gasteiger partial charge is 0.317 e. The molecule has 1 N–H and O–H groups in total. The molecule has 1 atom stereocenters. The summed E-state index contributed by atoms with van der Waals surface area (Å²) < 4.78 is 0. The Kier molecular flexibility index (Phi) is 3.70. The predicted octanol–water partition coefficient (Wildman–Crippen LogP) is 2.81. The van der Waals surface area contributed by atoms with Gasteiger partial charge in [0.05, 0.1) is 6.04 Å². The number of fused-ring (bicyclic) bond motifs is 1. The Morgan fingerprint density at radius 3 is 3.11 bits per heavy atom. The first-order valence-electron chi connectivity index (χ1n) is 6.34. The van der Waals surface area contributed by atoms with Crippen LogP contribution in [0, 0.1) is 6.92 Å². The Balaban J connectivity index is 2.08. The zero-order valence-electron chi connectivity index (χ0n) is 11.1. The zero-order chi connectivity index (χ0) is 13.1. The minimum Gasteiger partial charge on any atom is -0.331 e. The van der Waals surface area contributed by atoms with Crippen LogP contribution in [-0.4, -0.2) is 24.5 Å². The second-order valence-electron chi connectivity index (χ2n) is 4.85. The number of hydrogen-bond acceptors (Lipinski definition) is 1. The molecule has 1 aliphatic rings. The van der Waals surface area contributed by atoms with E-state index in [1.165, 1.54) is 16.7 Å². The summed E-state index contributed by atoms with van der Waals surface area (Å²) in [5.41, 5.74) is 3.99. The van der Waals surface area contributed by atoms with Crippen molar-refractivity contribution in [3.8, 4) is 0 Å². The zero-order valence-corrected chi connectivity index (χ0v) is 11.1. The number of likely N-dealkylation sites (N-methyl/N-ethyl adjacent to an activating group) is 1. The average molecular weight is 244 g/mol. The summed E-state index contributed by atoms with van der Waals surface area (Å²) >= 11 is 0. The highest BCUT2D eigenvalue weighted by molar-refractivity contribution is 5.74. The van der Waals surface area contributed by atoms with Gasteiger partial charge in [-0.15, -0.1) is 6.58 Å². The molecule has 0 aliphatic heterocycles. The van der Waals surface area contributed by atoms with Crippen molar-refractivity contribution in [2.45, 2.75) is 25.8 Å². The molecule has 2 rings (SSSR count). The van der Waals surface area contributed by atoms with E-state index in [1.807, 2.05) is 0 Å². The van der Waals surface area contributed by atoms with Crippen molar-refractivity contribution in [1.82, 2.24) is 10.2 Å². The maximum atomic E-state index is 12.0. The van der Waals surface area contributed by atoms with Crippen LogP contribution in [0.3, 0.4) is 0 Å². The van der Waals surface area contributed by atoms with Gasteiger partial charge in [0.15, 0.2) is 0 Å². The number of benzene rings is 1. The molecule has 96 valence electrons. The summed E-state index contributed by atoms with van der Waals surface area (Å²) in [7, 11) is 1.78. The van der Waals surface area contributed by atoms with Gasteiger partial charge in [0.2, 0.25) is 0 Å². The number of urea groups is 1. The number of carbonyl (C=O) groups excluding carboxylic acids is 1. The van der Waals surface area contributed by atoms with E-state index in [0.29, 0.717) is 6.54 Å². The molecule has 0 bridgehead atoms. The van der Waals surface area contributed by atoms with Crippen LogP contribution in [0.1, 0.15) is 29.2 Å². The largest absolute Gasteiger partial charge is 0.331 e. The van der Waals surface area contributed by atoms with Crippen LogP contribution in [0.15, 0.2) is 30.9 Å². The fourth-order valence-electron chi connectivity index (χ4n) is 2.52. The van der Waals surface area contributed by atoms with Crippen molar-refractivity contribution in [3.63, 3.8) is 0 Å². The first-order valence-corrected chi connectivity index (χ1v) is 6.34. The van der Waals surface area contributed by atoms with E-state index < -0.39 is 0 Å². The molecule has 0 fully saturated rings. The van der Waals surface area contributed by atoms with Crippen molar-refractivity contribution >= 4 is 6.03 Å². The number of nitrogens with zero attached hydrogens (tertiary/aromatic N) is 1. The lowest BCUT2D eigenvalue weighted by Crippen LogP contribution is -2.38. The first kappa shape index (κ1) is 12.7. The number of hydrogen-bond donors (Lipinski definition) is 1. The topological polar surface area (TPSA) is 32.3 Å². The van der Waals surface area contributed by atoms with E-state index in [2.05, 4.69) is 37.0 Å². The minimum atomic E-state index is -0.0331. The SMILES string of the molecule is C=CCN(C)C(=O)N[C@H]1CCc2c(C)cccc21. The molecule has 1 aromatic carbocycles. The lowest BCUT2D eigenvalue weighted by Gasteiger charge is -2.20. The third-order valence-electron chi connectivity index (χ3n) is 3.55. The van der Waals surface area contributed by atoms with Crippen molar-refractivity contribution in [2.24, 2.45) is 0 Å². The maximum Gasteiger partial charge on any atom is 0.317 e. The van der Waals surface area contributed by atoms with Crippen LogP contribution in [0.5, 0.6) is 0 Å². The average Bonchev–Trinajstić information content (AvgIpc) is 2.74. The van der Waals surface area contributed by atoms with Gasteiger partial charge in [0.1, 0.15) is 0 Å². The second-order valence-corrected chi connectivity index (χ2v) is 4.85. The van der Waals surface area contributed by atoms with Crippen LogP contribution in [0.4, 0.5) is 4.79 Å². The molecule has 18 heavy (non-hydrogen) atoms. The minimum absolute atomic E-state index is 0.0331. The van der Waals surface area contributed by atoms with E-state index in [1.54, 1.807) is 18.0 Å². The third-order valence-corrected chi connectivity index (χ3v) is 3.55. The van der Waals surface area contributed by atoms with Crippen LogP contribution >= 0.6 is 0 Å². The third kappa shape index (κ3) is 2.40. The van der Waals surface area contributed by atoms with Crippen LogP contribution in [0.25, 0.3) is 0 Å². The Morgan fingerprint density at radius 1 is 1.61 bits per heavy atom. The number of nitrogens with one attached hydrogen (secondary N) is 1. The summed E-state index contributed by atoms with van der Waals surface area (Å²) in [5, 5.41) is 3.09. The highest BCUT2D eigenvalue weighted by Gasteiger charge is 2.25. The van der Waals surface area contributed by atoms with E-state index in [9.17, 15) is 4.79 Å². The molecule has 3 nitrogen and oxygen atoms in total. The molecule has 0 saturated heterocycles. The molecular weight excluding hydrogens is 224 g/mol. The van der Waals surface area contributed by atoms with Gasteiger partial charge in [-0.2, -0.15) is 0 Å². The van der Waals surface area contributed by atoms with Crippen molar-refractivity contribution in [1.29, 1.82) is 0 Å². The quantitative estimate of drug-likeness (QED) is 0.815. The van der Waals surface area contributed by atoms with E-state index in [0.717, 1.165) is 12.8 Å². The molecule has 0 heterocycles. The number of aryl methyl sites for hydroxylation is 1. The molecule has 2 amide bonds. The van der Waals surface area contributed by atoms with Crippen molar-refractivity contribution in [2.75, 3.05) is 13.6 Å². The summed E-state index contributed by atoms with van der Waals surface area (Å²) in [6.45, 7) is 6.34. The van der Waals surface area contributed by atoms with Gasteiger partial charge < -0.3 is 10.2 Å². The predicted molar refractivity (Wildman–Crippen MR) is 73.6 cm³/mol. The van der Waals surface area contributed by atoms with Gasteiger partial charge in [0, 0.05) is 13.6 Å². The van der Waals surface area contributed by atoms with Crippen molar-refractivity contribution < 1.29 is 4.79 Å². The lowest BCUT2D eigenvalue weighted by molar-refractivity contribution is 0.209. The van der Waals surface area contributed by atoms with Crippen LogP contribution < -0.4 is 5.32 Å². The summed E-state index contributed by atoms with van der Waals surface area (Å²) in [5.74, 6) is 0. The fourth-order valence-corrected chi connectivity index (χ4v) is 2.52. The van der Waals surface area contributed by atoms with E-state index in [-0.39, 0.29) is 12.1 Å². The maximum absolute atomic E-state index is 12.0. The van der Waals surface area contributed by atoms with Gasteiger partial charge >= 0.3 is 6.03 Å². The van der Waals surface area contributed by atoms with Gasteiger partial charge in [-0.1, -0.05) is 24.3 Å². The Morgan fingerprint density at radius 2 is 2.39 bits per heavy atom. The Hall–Kier alpha value is -1.77. The molecule has 3 heteroatoms.